The van der Waals surface area contributed by atoms with Gasteiger partial charge in [-0.05, 0) is 72.1 Å². The fourth-order valence-corrected chi connectivity index (χ4v) is 4.99. The molecule has 9 nitrogen and oxygen atoms in total. The SMILES string of the molecule is Cc1cc(OC(F)F)ccc1OCC(=O)N1CCN2C(=O)c3cc(-c4cc(O)cc(C(F)(F)F)c4)ccc3NC(=O)[C@@H]2C1. The molecule has 2 N–H and O–H groups in total. The highest BCUT2D eigenvalue weighted by atomic mass is 19.4. The number of hydrogen-bond acceptors (Lipinski definition) is 6. The first-order valence-corrected chi connectivity index (χ1v) is 12.9. The van der Waals surface area contributed by atoms with Crippen LogP contribution in [0.25, 0.3) is 11.1 Å². The van der Waals surface area contributed by atoms with E-state index in [1.807, 2.05) is 0 Å². The van der Waals surface area contributed by atoms with Crippen molar-refractivity contribution < 1.29 is 50.9 Å². The summed E-state index contributed by atoms with van der Waals surface area (Å²) in [5.74, 6) is -1.97. The number of carbonyl (C=O) groups is 3. The van der Waals surface area contributed by atoms with Crippen molar-refractivity contribution in [1.29, 1.82) is 0 Å². The summed E-state index contributed by atoms with van der Waals surface area (Å²) in [6.45, 7) is -1.87. The van der Waals surface area contributed by atoms with Crippen molar-refractivity contribution in [3.05, 3.63) is 71.3 Å². The molecule has 3 aromatic rings. The summed E-state index contributed by atoms with van der Waals surface area (Å²) in [4.78, 5) is 42.2. The number of alkyl halides is 5. The third-order valence-electron chi connectivity index (χ3n) is 7.11. The minimum Gasteiger partial charge on any atom is -0.508 e. The molecule has 2 aliphatic heterocycles. The Morgan fingerprint density at radius 3 is 2.51 bits per heavy atom. The maximum absolute atomic E-state index is 13.5. The molecule has 0 unspecified atom stereocenters. The average Bonchev–Trinajstić information content (AvgIpc) is 3.04. The molecular formula is C29H24F5N3O6. The second-order valence-electron chi connectivity index (χ2n) is 9.96. The highest BCUT2D eigenvalue weighted by molar-refractivity contribution is 6.10. The lowest BCUT2D eigenvalue weighted by Gasteiger charge is -2.39. The fraction of sp³-hybridized carbons (Fsp3) is 0.276. The van der Waals surface area contributed by atoms with Crippen LogP contribution in [0, 0.1) is 6.92 Å². The fourth-order valence-electron chi connectivity index (χ4n) is 4.99. The molecular weight excluding hydrogens is 581 g/mol. The molecule has 1 saturated heterocycles. The zero-order valence-electron chi connectivity index (χ0n) is 22.5. The molecule has 0 aromatic heterocycles. The Kier molecular flexibility index (Phi) is 7.86. The molecule has 0 saturated carbocycles. The Balaban J connectivity index is 1.30. The molecule has 0 aliphatic carbocycles. The lowest BCUT2D eigenvalue weighted by atomic mass is 9.99. The summed E-state index contributed by atoms with van der Waals surface area (Å²) < 4.78 is 74.6. The normalized spacial score (nSPS) is 16.8. The van der Waals surface area contributed by atoms with E-state index in [0.717, 1.165) is 12.1 Å². The van der Waals surface area contributed by atoms with Gasteiger partial charge in [-0.2, -0.15) is 22.0 Å². The molecule has 43 heavy (non-hydrogen) atoms. The molecule has 3 aromatic carbocycles. The first-order chi connectivity index (χ1) is 20.3. The number of carbonyl (C=O) groups excluding carboxylic acids is 3. The number of benzene rings is 3. The predicted octanol–water partition coefficient (Wildman–Crippen LogP) is 4.67. The molecule has 14 heteroatoms. The number of hydrogen-bond donors (Lipinski definition) is 2. The maximum Gasteiger partial charge on any atom is 0.416 e. The summed E-state index contributed by atoms with van der Waals surface area (Å²) in [7, 11) is 0. The van der Waals surface area contributed by atoms with Crippen LogP contribution < -0.4 is 14.8 Å². The molecule has 3 amide bonds. The molecule has 2 aliphatic rings. The summed E-state index contributed by atoms with van der Waals surface area (Å²) in [6, 6.07) is 9.71. The Bertz CT molecular complexity index is 1600. The Morgan fingerprint density at radius 2 is 1.81 bits per heavy atom. The zero-order valence-corrected chi connectivity index (χ0v) is 22.5. The smallest absolute Gasteiger partial charge is 0.416 e. The largest absolute Gasteiger partial charge is 0.508 e. The number of aryl methyl sites for hydroxylation is 1. The van der Waals surface area contributed by atoms with Crippen LogP contribution in [0.2, 0.25) is 0 Å². The van der Waals surface area contributed by atoms with Crippen molar-refractivity contribution >= 4 is 23.4 Å². The molecule has 0 bridgehead atoms. The molecule has 5 rings (SSSR count). The number of ether oxygens (including phenoxy) is 2. The van der Waals surface area contributed by atoms with Crippen molar-refractivity contribution in [3.8, 4) is 28.4 Å². The van der Waals surface area contributed by atoms with E-state index in [-0.39, 0.29) is 53.5 Å². The van der Waals surface area contributed by atoms with Gasteiger partial charge in [-0.1, -0.05) is 6.07 Å². The van der Waals surface area contributed by atoms with Crippen LogP contribution in [0.5, 0.6) is 17.2 Å². The topological polar surface area (TPSA) is 108 Å². The first kappa shape index (κ1) is 29.6. The number of rotatable bonds is 6. The van der Waals surface area contributed by atoms with Crippen molar-refractivity contribution in [3.63, 3.8) is 0 Å². The van der Waals surface area contributed by atoms with Gasteiger partial charge in [0.05, 0.1) is 23.4 Å². The van der Waals surface area contributed by atoms with E-state index in [4.69, 9.17) is 4.74 Å². The third kappa shape index (κ3) is 6.32. The van der Waals surface area contributed by atoms with Crippen molar-refractivity contribution in [1.82, 2.24) is 9.80 Å². The minimum atomic E-state index is -4.70. The van der Waals surface area contributed by atoms with E-state index < -0.39 is 54.5 Å². The maximum atomic E-state index is 13.5. The van der Waals surface area contributed by atoms with Gasteiger partial charge < -0.3 is 29.7 Å². The molecule has 0 radical (unpaired) electrons. The van der Waals surface area contributed by atoms with Crippen molar-refractivity contribution in [2.75, 3.05) is 31.6 Å². The monoisotopic (exact) mass is 605 g/mol. The number of halogens is 5. The van der Waals surface area contributed by atoms with E-state index in [1.165, 1.54) is 46.2 Å². The third-order valence-corrected chi connectivity index (χ3v) is 7.11. The summed E-state index contributed by atoms with van der Waals surface area (Å²) in [5.41, 5.74) is -0.159. The van der Waals surface area contributed by atoms with Gasteiger partial charge in [0, 0.05) is 13.1 Å². The highest BCUT2D eigenvalue weighted by Crippen LogP contribution is 2.37. The number of aromatic hydroxyl groups is 1. The molecule has 1 fully saturated rings. The van der Waals surface area contributed by atoms with Crippen LogP contribution in [0.1, 0.15) is 21.5 Å². The van der Waals surface area contributed by atoms with E-state index in [1.54, 1.807) is 6.92 Å². The van der Waals surface area contributed by atoms with E-state index in [2.05, 4.69) is 10.1 Å². The van der Waals surface area contributed by atoms with Crippen LogP contribution in [0.4, 0.5) is 27.6 Å². The Morgan fingerprint density at radius 1 is 1.05 bits per heavy atom. The first-order valence-electron chi connectivity index (χ1n) is 12.9. The average molecular weight is 606 g/mol. The predicted molar refractivity (Wildman–Crippen MR) is 142 cm³/mol. The number of amides is 3. The standard InChI is InChI=1S/C29H24F5N3O6/c1-15-8-20(43-28(30)31)3-5-24(15)42-14-25(39)36-6-7-37-23(13-36)26(40)35-22-4-2-16(11-21(22)27(37)41)17-9-18(29(32,33)34)12-19(38)10-17/h2-5,8-12,23,28,38H,6-7,13-14H2,1H3,(H,35,40)/t23-/m0/s1. The summed E-state index contributed by atoms with van der Waals surface area (Å²) in [6.07, 6.45) is -4.70. The molecule has 0 spiro atoms. The van der Waals surface area contributed by atoms with Crippen molar-refractivity contribution in [2.24, 2.45) is 0 Å². The van der Waals surface area contributed by atoms with Crippen LogP contribution in [0.15, 0.2) is 54.6 Å². The molecule has 226 valence electrons. The second kappa shape index (κ2) is 11.4. The van der Waals surface area contributed by atoms with Crippen LogP contribution in [-0.4, -0.2) is 71.5 Å². The van der Waals surface area contributed by atoms with Gasteiger partial charge in [-0.3, -0.25) is 14.4 Å². The van der Waals surface area contributed by atoms with E-state index in [9.17, 15) is 41.4 Å². The van der Waals surface area contributed by atoms with Gasteiger partial charge in [0.25, 0.3) is 11.8 Å². The van der Waals surface area contributed by atoms with Gasteiger partial charge >= 0.3 is 12.8 Å². The lowest BCUT2D eigenvalue weighted by Crippen LogP contribution is -2.60. The van der Waals surface area contributed by atoms with Crippen LogP contribution >= 0.6 is 0 Å². The minimum absolute atomic E-state index is 0.00460. The highest BCUT2D eigenvalue weighted by Gasteiger charge is 2.40. The quantitative estimate of drug-likeness (QED) is 0.396. The zero-order chi connectivity index (χ0) is 31.1. The molecule has 1 atom stereocenters. The van der Waals surface area contributed by atoms with Gasteiger partial charge in [0.1, 0.15) is 23.3 Å². The number of fused-ring (bicyclic) bond motifs is 2. The van der Waals surface area contributed by atoms with Gasteiger partial charge in [0.2, 0.25) is 5.91 Å². The van der Waals surface area contributed by atoms with Gasteiger partial charge in [-0.25, -0.2) is 0 Å². The number of nitrogens with zero attached hydrogens (tertiary/aromatic N) is 2. The summed E-state index contributed by atoms with van der Waals surface area (Å²) >= 11 is 0. The lowest BCUT2D eigenvalue weighted by molar-refractivity contribution is -0.138. The molecule has 2 heterocycles. The van der Waals surface area contributed by atoms with Gasteiger partial charge in [-0.15, -0.1) is 0 Å². The number of nitrogens with one attached hydrogen (secondary N) is 1. The second-order valence-corrected chi connectivity index (χ2v) is 9.96. The van der Waals surface area contributed by atoms with Crippen molar-refractivity contribution in [2.45, 2.75) is 25.8 Å². The van der Waals surface area contributed by atoms with E-state index in [0.29, 0.717) is 11.6 Å². The van der Waals surface area contributed by atoms with Crippen LogP contribution in [0.3, 0.4) is 0 Å². The number of phenols is 1. The Hall–Kier alpha value is -4.88. The van der Waals surface area contributed by atoms with E-state index >= 15 is 0 Å². The summed E-state index contributed by atoms with van der Waals surface area (Å²) in [5, 5.41) is 12.5. The Labute approximate surface area is 241 Å². The number of piperazine rings is 1. The van der Waals surface area contributed by atoms with Crippen LogP contribution in [-0.2, 0) is 15.8 Å². The number of anilines is 1. The van der Waals surface area contributed by atoms with Gasteiger partial charge in [0.15, 0.2) is 6.61 Å². The number of phenolic OH excluding ortho intramolecular Hbond substituents is 1.